The Balaban J connectivity index is 1.58. The Morgan fingerprint density at radius 3 is 2.44 bits per heavy atom. The van der Waals surface area contributed by atoms with Gasteiger partial charge >= 0.3 is 0 Å². The van der Waals surface area contributed by atoms with Crippen LogP contribution in [-0.2, 0) is 10.0 Å². The highest BCUT2D eigenvalue weighted by Crippen LogP contribution is 2.49. The zero-order chi connectivity index (χ0) is 23.9. The van der Waals surface area contributed by atoms with Gasteiger partial charge in [0.25, 0.3) is 0 Å². The summed E-state index contributed by atoms with van der Waals surface area (Å²) in [4.78, 5) is 0.220. The van der Waals surface area contributed by atoms with Gasteiger partial charge in [0.1, 0.15) is 5.75 Å². The van der Waals surface area contributed by atoms with E-state index in [0.29, 0.717) is 24.3 Å². The van der Waals surface area contributed by atoms with Crippen molar-refractivity contribution in [2.75, 3.05) is 25.6 Å². The molecule has 2 aliphatic rings. The number of aliphatic hydroxyl groups excluding tert-OH is 1. The molecule has 7 nitrogen and oxygen atoms in total. The summed E-state index contributed by atoms with van der Waals surface area (Å²) in [5.41, 5.74) is 4.20. The van der Waals surface area contributed by atoms with Crippen molar-refractivity contribution in [2.45, 2.75) is 23.4 Å². The maximum absolute atomic E-state index is 13.7. The van der Waals surface area contributed by atoms with Crippen molar-refractivity contribution in [2.24, 2.45) is 5.92 Å². The molecule has 2 heterocycles. The Hall–Kier alpha value is -3.38. The second-order valence-electron chi connectivity index (χ2n) is 8.61. The van der Waals surface area contributed by atoms with Gasteiger partial charge in [-0.25, -0.2) is 8.42 Å². The molecule has 1 saturated heterocycles. The fraction of sp³-hybridized carbons (Fsp3) is 0.269. The van der Waals surface area contributed by atoms with E-state index in [4.69, 9.17) is 10.00 Å². The second kappa shape index (κ2) is 8.76. The number of hydrogen-bond acceptors (Lipinski definition) is 6. The number of fused-ring (bicyclic) bond motifs is 3. The quantitative estimate of drug-likeness (QED) is 0.582. The molecule has 3 aromatic rings. The third kappa shape index (κ3) is 3.72. The van der Waals surface area contributed by atoms with Gasteiger partial charge in [-0.2, -0.15) is 9.57 Å². The number of methoxy groups -OCH3 is 1. The highest BCUT2D eigenvalue weighted by Gasteiger charge is 2.48. The van der Waals surface area contributed by atoms with E-state index in [-0.39, 0.29) is 29.5 Å². The minimum atomic E-state index is -3.76. The number of anilines is 1. The molecule has 0 aliphatic carbocycles. The molecule has 34 heavy (non-hydrogen) atoms. The third-order valence-electron chi connectivity index (χ3n) is 6.84. The molecule has 0 radical (unpaired) electrons. The molecule has 0 aromatic heterocycles. The number of nitriles is 1. The molecule has 1 fully saturated rings. The predicted octanol–water partition coefficient (Wildman–Crippen LogP) is 3.77. The molecule has 8 heteroatoms. The van der Waals surface area contributed by atoms with Gasteiger partial charge < -0.3 is 15.2 Å². The summed E-state index contributed by atoms with van der Waals surface area (Å²) in [6, 6.07) is 21.2. The molecule has 3 aromatic carbocycles. The highest BCUT2D eigenvalue weighted by atomic mass is 32.2. The van der Waals surface area contributed by atoms with Gasteiger partial charge in [0.15, 0.2) is 0 Å². The monoisotopic (exact) mass is 475 g/mol. The summed E-state index contributed by atoms with van der Waals surface area (Å²) in [7, 11) is -2.22. The molecular formula is C26H25N3O4S. The number of nitrogens with zero attached hydrogens (tertiary/aromatic N) is 2. The molecule has 0 spiro atoms. The first-order valence-electron chi connectivity index (χ1n) is 11.1. The minimum absolute atomic E-state index is 0.0539. The first kappa shape index (κ1) is 22.4. The van der Waals surface area contributed by atoms with Crippen molar-refractivity contribution >= 4 is 15.7 Å². The Morgan fingerprint density at radius 2 is 1.79 bits per heavy atom. The van der Waals surface area contributed by atoms with Gasteiger partial charge in [0.05, 0.1) is 42.3 Å². The van der Waals surface area contributed by atoms with Crippen LogP contribution in [0.3, 0.4) is 0 Å². The summed E-state index contributed by atoms with van der Waals surface area (Å²) >= 11 is 0. The van der Waals surface area contributed by atoms with Gasteiger partial charge in [0.2, 0.25) is 10.0 Å². The van der Waals surface area contributed by atoms with Crippen molar-refractivity contribution in [3.05, 3.63) is 77.9 Å². The summed E-state index contributed by atoms with van der Waals surface area (Å²) < 4.78 is 34.1. The van der Waals surface area contributed by atoms with Crippen LogP contribution in [0.25, 0.3) is 11.1 Å². The van der Waals surface area contributed by atoms with E-state index in [1.165, 1.54) is 0 Å². The lowest BCUT2D eigenvalue weighted by Crippen LogP contribution is -2.42. The van der Waals surface area contributed by atoms with Crippen molar-refractivity contribution in [1.29, 1.82) is 5.26 Å². The SMILES string of the molecule is COc1ccc(S(=O)(=O)N2CC[C@@H]3[C@H](CO)Nc4ccc(-c5ccc(C#N)cc5)cc4[C@@H]32)cc1. The van der Waals surface area contributed by atoms with Crippen LogP contribution >= 0.6 is 0 Å². The maximum Gasteiger partial charge on any atom is 0.243 e. The van der Waals surface area contributed by atoms with E-state index < -0.39 is 10.0 Å². The number of ether oxygens (including phenoxy) is 1. The number of benzene rings is 3. The number of rotatable bonds is 5. The highest BCUT2D eigenvalue weighted by molar-refractivity contribution is 7.89. The zero-order valence-electron chi connectivity index (χ0n) is 18.7. The summed E-state index contributed by atoms with van der Waals surface area (Å²) in [6.45, 7) is 0.302. The van der Waals surface area contributed by atoms with E-state index in [1.54, 1.807) is 47.8 Å². The van der Waals surface area contributed by atoms with Gasteiger partial charge in [-0.15, -0.1) is 0 Å². The van der Waals surface area contributed by atoms with Gasteiger partial charge in [-0.05, 0) is 71.6 Å². The number of sulfonamides is 1. The molecule has 0 bridgehead atoms. The van der Waals surface area contributed by atoms with E-state index in [1.807, 2.05) is 30.3 Å². The predicted molar refractivity (Wildman–Crippen MR) is 129 cm³/mol. The Labute approximate surface area is 199 Å². The number of hydrogen-bond donors (Lipinski definition) is 2. The maximum atomic E-state index is 13.7. The van der Waals surface area contributed by atoms with Crippen LogP contribution in [0.2, 0.25) is 0 Å². The summed E-state index contributed by atoms with van der Waals surface area (Å²) in [5.74, 6) is 0.541. The fourth-order valence-corrected chi connectivity index (χ4v) is 6.76. The smallest absolute Gasteiger partial charge is 0.243 e. The Kier molecular flexibility index (Phi) is 5.78. The Bertz CT molecular complexity index is 1350. The van der Waals surface area contributed by atoms with E-state index in [2.05, 4.69) is 11.4 Å². The molecule has 0 unspecified atom stereocenters. The van der Waals surface area contributed by atoms with Crippen LogP contribution in [-0.4, -0.2) is 44.1 Å². The lowest BCUT2D eigenvalue weighted by Gasteiger charge is -2.39. The van der Waals surface area contributed by atoms with Crippen LogP contribution < -0.4 is 10.1 Å². The average molecular weight is 476 g/mol. The van der Waals surface area contributed by atoms with Crippen molar-refractivity contribution in [3.63, 3.8) is 0 Å². The van der Waals surface area contributed by atoms with Crippen LogP contribution in [0.15, 0.2) is 71.6 Å². The van der Waals surface area contributed by atoms with Gasteiger partial charge in [0, 0.05) is 18.2 Å². The molecule has 3 atom stereocenters. The minimum Gasteiger partial charge on any atom is -0.497 e. The first-order valence-corrected chi connectivity index (χ1v) is 12.6. The van der Waals surface area contributed by atoms with Crippen LogP contribution in [0.4, 0.5) is 5.69 Å². The molecule has 2 N–H and O–H groups in total. The molecule has 5 rings (SSSR count). The summed E-state index contributed by atoms with van der Waals surface area (Å²) in [6.07, 6.45) is 0.652. The molecule has 0 saturated carbocycles. The van der Waals surface area contributed by atoms with E-state index in [0.717, 1.165) is 22.4 Å². The first-order chi connectivity index (χ1) is 16.5. The molecule has 174 valence electrons. The second-order valence-corrected chi connectivity index (χ2v) is 10.5. The molecule has 0 amide bonds. The van der Waals surface area contributed by atoms with Crippen LogP contribution in [0.1, 0.15) is 23.6 Å². The average Bonchev–Trinajstić information content (AvgIpc) is 3.34. The molecule has 2 aliphatic heterocycles. The van der Waals surface area contributed by atoms with Gasteiger partial charge in [-0.1, -0.05) is 18.2 Å². The van der Waals surface area contributed by atoms with Crippen molar-refractivity contribution in [1.82, 2.24) is 4.31 Å². The largest absolute Gasteiger partial charge is 0.497 e. The Morgan fingerprint density at radius 1 is 1.09 bits per heavy atom. The number of nitrogens with one attached hydrogen (secondary N) is 1. The normalized spacial score (nSPS) is 21.7. The van der Waals surface area contributed by atoms with E-state index >= 15 is 0 Å². The van der Waals surface area contributed by atoms with Gasteiger partial charge in [-0.3, -0.25) is 0 Å². The van der Waals surface area contributed by atoms with Crippen molar-refractivity contribution < 1.29 is 18.3 Å². The topological polar surface area (TPSA) is 103 Å². The standard InChI is InChI=1S/C26H25N3O4S/c1-33-20-7-9-21(10-8-20)34(31,32)29-13-12-22-25(16-30)28-24-11-6-19(14-23(24)26(22)29)18-4-2-17(15-27)3-5-18/h2-11,14,22,25-26,28,30H,12-13,16H2,1H3/t22-,25+,26-/m1/s1. The lowest BCUT2D eigenvalue weighted by molar-refractivity contribution is 0.210. The molecular weight excluding hydrogens is 450 g/mol. The zero-order valence-corrected chi connectivity index (χ0v) is 19.5. The fourth-order valence-electron chi connectivity index (χ4n) is 5.09. The third-order valence-corrected chi connectivity index (χ3v) is 8.73. The van der Waals surface area contributed by atoms with E-state index in [9.17, 15) is 13.5 Å². The lowest BCUT2D eigenvalue weighted by atomic mass is 9.82. The van der Waals surface area contributed by atoms with Crippen molar-refractivity contribution in [3.8, 4) is 22.9 Å². The van der Waals surface area contributed by atoms with Crippen LogP contribution in [0, 0.1) is 17.2 Å². The van der Waals surface area contributed by atoms with Crippen LogP contribution in [0.5, 0.6) is 5.75 Å². The number of aliphatic hydroxyl groups is 1. The summed E-state index contributed by atoms with van der Waals surface area (Å²) in [5, 5.41) is 22.5.